The Balaban J connectivity index is 2.71. The summed E-state index contributed by atoms with van der Waals surface area (Å²) < 4.78 is 25.8. The Labute approximate surface area is 276 Å². The Morgan fingerprint density at radius 1 is 0.723 bits per heavy atom. The molecule has 0 aromatic carbocycles. The summed E-state index contributed by atoms with van der Waals surface area (Å²) in [6.45, 7) is 11.0. The van der Waals surface area contributed by atoms with Crippen molar-refractivity contribution in [3.8, 4) is 0 Å². The number of carbonyl (C=O) groups is 5. The largest absolute Gasteiger partial charge is 0.460 e. The molecule has 1 saturated heterocycles. The van der Waals surface area contributed by atoms with Crippen molar-refractivity contribution >= 4 is 30.0 Å². The van der Waals surface area contributed by atoms with Crippen LogP contribution in [0.2, 0.25) is 0 Å². The fourth-order valence-corrected chi connectivity index (χ4v) is 4.37. The molecule has 5 N–H and O–H groups in total. The molecule has 268 valence electrons. The van der Waals surface area contributed by atoms with E-state index in [0.717, 1.165) is 25.7 Å². The van der Waals surface area contributed by atoms with E-state index in [4.69, 9.17) is 23.7 Å². The Bertz CT molecular complexity index is 1040. The van der Waals surface area contributed by atoms with E-state index in [9.17, 15) is 34.2 Å². The monoisotopic (exact) mass is 671 g/mol. The van der Waals surface area contributed by atoms with Crippen LogP contribution < -0.4 is 16.0 Å². The van der Waals surface area contributed by atoms with E-state index in [2.05, 4.69) is 36.0 Å². The first-order chi connectivity index (χ1) is 22.4. The molecule has 47 heavy (non-hydrogen) atoms. The molecule has 1 aliphatic heterocycles. The lowest BCUT2D eigenvalue weighted by molar-refractivity contribution is -0.252. The van der Waals surface area contributed by atoms with E-state index in [-0.39, 0.29) is 43.9 Å². The van der Waals surface area contributed by atoms with Crippen LogP contribution in [0, 0.1) is 0 Å². The molecule has 0 radical (unpaired) electrons. The predicted molar refractivity (Wildman–Crippen MR) is 170 cm³/mol. The lowest BCUT2D eigenvalue weighted by atomic mass is 9.96. The molecule has 2 unspecified atom stereocenters. The van der Waals surface area contributed by atoms with Crippen molar-refractivity contribution < 1.29 is 57.9 Å². The Kier molecular flexibility index (Phi) is 20.8. The van der Waals surface area contributed by atoms with Crippen molar-refractivity contribution in [2.75, 3.05) is 32.9 Å². The van der Waals surface area contributed by atoms with E-state index in [1.807, 2.05) is 0 Å². The number of hydrogen-bond donors (Lipinski definition) is 5. The number of hydrogen-bond acceptors (Lipinski definition) is 12. The molecule has 0 aromatic heterocycles. The zero-order valence-electron chi connectivity index (χ0n) is 27.9. The van der Waals surface area contributed by atoms with Crippen LogP contribution in [0.25, 0.3) is 0 Å². The number of unbranched alkanes of at least 4 members (excludes halogenated alkanes) is 8. The number of rotatable bonds is 22. The molecule has 1 aliphatic rings. The average Bonchev–Trinajstić information content (AvgIpc) is 3.02. The summed E-state index contributed by atoms with van der Waals surface area (Å²) in [6.07, 6.45) is 1.53. The topological polar surface area (TPSA) is 208 Å². The van der Waals surface area contributed by atoms with Crippen LogP contribution in [-0.4, -0.2) is 104 Å². The van der Waals surface area contributed by atoms with Crippen LogP contribution in [0.15, 0.2) is 24.3 Å². The zero-order chi connectivity index (χ0) is 35.2. The highest BCUT2D eigenvalue weighted by atomic mass is 16.7. The molecule has 15 heteroatoms. The number of aliphatic hydroxyl groups excluding tert-OH is 2. The summed E-state index contributed by atoms with van der Waals surface area (Å²) in [4.78, 5) is 60.3. The van der Waals surface area contributed by atoms with Crippen molar-refractivity contribution in [3.05, 3.63) is 24.3 Å². The first-order valence-corrected chi connectivity index (χ1v) is 16.2. The fraction of sp³-hybridized carbons (Fsp3) is 0.719. The first-order valence-electron chi connectivity index (χ1n) is 16.2. The van der Waals surface area contributed by atoms with E-state index in [1.165, 1.54) is 39.5 Å². The summed E-state index contributed by atoms with van der Waals surface area (Å²) in [5, 5.41) is 28.9. The minimum absolute atomic E-state index is 0.0742. The second-order valence-corrected chi connectivity index (χ2v) is 11.4. The number of amides is 3. The Morgan fingerprint density at radius 2 is 1.23 bits per heavy atom. The number of carbonyl (C=O) groups excluding carboxylic acids is 5. The molecule has 0 spiro atoms. The van der Waals surface area contributed by atoms with Crippen LogP contribution in [0.5, 0.6) is 0 Å². The van der Waals surface area contributed by atoms with E-state index >= 15 is 0 Å². The van der Waals surface area contributed by atoms with Crippen molar-refractivity contribution in [1.82, 2.24) is 16.0 Å². The Hall–Kier alpha value is -3.69. The molecular weight excluding hydrogens is 618 g/mol. The minimum atomic E-state index is -1.66. The van der Waals surface area contributed by atoms with Crippen LogP contribution in [0.3, 0.4) is 0 Å². The van der Waals surface area contributed by atoms with Gasteiger partial charge in [0, 0.05) is 17.6 Å². The highest BCUT2D eigenvalue weighted by Gasteiger charge is 2.47. The second-order valence-electron chi connectivity index (χ2n) is 11.4. The van der Waals surface area contributed by atoms with Gasteiger partial charge in [0.2, 0.25) is 12.2 Å². The minimum Gasteiger partial charge on any atom is -0.460 e. The van der Waals surface area contributed by atoms with Crippen molar-refractivity contribution in [3.63, 3.8) is 0 Å². The van der Waals surface area contributed by atoms with Gasteiger partial charge in [-0.1, -0.05) is 71.4 Å². The van der Waals surface area contributed by atoms with Gasteiger partial charge in [-0.15, -0.1) is 0 Å². The smallest absolute Gasteiger partial charge is 0.409 e. The summed E-state index contributed by atoms with van der Waals surface area (Å²) in [7, 11) is 0. The van der Waals surface area contributed by atoms with E-state index in [1.54, 1.807) is 0 Å². The molecule has 0 bridgehead atoms. The highest BCUT2D eigenvalue weighted by molar-refractivity contribution is 5.87. The van der Waals surface area contributed by atoms with Gasteiger partial charge < -0.3 is 49.8 Å². The molecule has 1 heterocycles. The van der Waals surface area contributed by atoms with E-state index in [0.29, 0.717) is 6.42 Å². The maximum atomic E-state index is 12.7. The van der Waals surface area contributed by atoms with E-state index < -0.39 is 67.3 Å². The summed E-state index contributed by atoms with van der Waals surface area (Å²) in [5.74, 6) is -1.69. The molecule has 0 saturated carbocycles. The Morgan fingerprint density at radius 3 is 1.77 bits per heavy atom. The molecule has 15 nitrogen and oxygen atoms in total. The second kappa shape index (κ2) is 23.6. The molecule has 5 atom stereocenters. The van der Waals surface area contributed by atoms with Gasteiger partial charge in [0.1, 0.15) is 44.2 Å². The van der Waals surface area contributed by atoms with Crippen LogP contribution in [0.1, 0.15) is 85.0 Å². The van der Waals surface area contributed by atoms with Crippen LogP contribution >= 0.6 is 0 Å². The summed E-state index contributed by atoms with van der Waals surface area (Å²) in [6, 6.07) is -1.35. The van der Waals surface area contributed by atoms with Gasteiger partial charge in [-0.2, -0.15) is 0 Å². The lowest BCUT2D eigenvalue weighted by Gasteiger charge is -2.42. The number of nitrogens with one attached hydrogen (secondary N) is 3. The van der Waals surface area contributed by atoms with Gasteiger partial charge in [-0.25, -0.2) is 19.2 Å². The molecule has 3 amide bonds. The SMILES string of the molecule is C=C(C)C(=O)OCCNC(=O)OCC1O[C@@H](OC(=O)NCCOC(=O)C(=C)C)C(NC(=O)CCCCCCCCCCC)[C@@H](O)[C@@H]1O. The highest BCUT2D eigenvalue weighted by Crippen LogP contribution is 2.23. The lowest BCUT2D eigenvalue weighted by Crippen LogP contribution is -2.65. The molecular formula is C32H53N3O12. The molecule has 1 rings (SSSR count). The van der Waals surface area contributed by atoms with Crippen LogP contribution in [0.4, 0.5) is 9.59 Å². The van der Waals surface area contributed by atoms with Crippen molar-refractivity contribution in [1.29, 1.82) is 0 Å². The predicted octanol–water partition coefficient (Wildman–Crippen LogP) is 2.53. The number of aliphatic hydroxyl groups is 2. The summed E-state index contributed by atoms with van der Waals surface area (Å²) in [5.41, 5.74) is 0.383. The molecule has 0 aliphatic carbocycles. The zero-order valence-corrected chi connectivity index (χ0v) is 27.9. The van der Waals surface area contributed by atoms with Gasteiger partial charge in [0.05, 0.1) is 13.1 Å². The van der Waals surface area contributed by atoms with Gasteiger partial charge >= 0.3 is 24.1 Å². The number of esters is 2. The molecule has 1 fully saturated rings. The molecule has 0 aromatic rings. The normalized spacial score (nSPS) is 20.3. The average molecular weight is 672 g/mol. The quantitative estimate of drug-likeness (QED) is 0.0487. The maximum absolute atomic E-state index is 12.7. The number of alkyl carbamates (subject to hydrolysis) is 2. The first kappa shape index (κ1) is 41.3. The van der Waals surface area contributed by atoms with Crippen LogP contribution in [-0.2, 0) is 38.1 Å². The fourth-order valence-electron chi connectivity index (χ4n) is 4.37. The van der Waals surface area contributed by atoms with Gasteiger partial charge in [-0.3, -0.25) is 4.79 Å². The van der Waals surface area contributed by atoms with Gasteiger partial charge in [0.15, 0.2) is 0 Å². The van der Waals surface area contributed by atoms with Crippen molar-refractivity contribution in [2.45, 2.75) is 116 Å². The third-order valence-corrected chi connectivity index (χ3v) is 7.04. The van der Waals surface area contributed by atoms with Crippen molar-refractivity contribution in [2.24, 2.45) is 0 Å². The summed E-state index contributed by atoms with van der Waals surface area (Å²) >= 11 is 0. The number of ether oxygens (including phenoxy) is 5. The standard InChI is InChI=1S/C32H53N3O12/c1-6-7-8-9-10-11-12-13-14-15-24(36)35-25-27(38)26(37)23(20-45-31(41)33-16-18-43-28(39)21(2)3)46-30(25)47-32(42)34-17-19-44-29(40)22(4)5/h23,25-27,30,37-38H,2,4,6-20H2,1,3,5H3,(H,33,41)(H,34,42)(H,35,36)/t23?,25?,26-,27-,30+/m1/s1. The third kappa shape index (κ3) is 17.7. The van der Waals surface area contributed by atoms with Gasteiger partial charge in [0.25, 0.3) is 0 Å². The van der Waals surface area contributed by atoms with Gasteiger partial charge in [-0.05, 0) is 20.3 Å². The third-order valence-electron chi connectivity index (χ3n) is 7.04. The maximum Gasteiger partial charge on any atom is 0.409 e.